The molecule has 2 aromatic carbocycles. The molecule has 2 amide bonds. The van der Waals surface area contributed by atoms with Crippen molar-refractivity contribution in [2.24, 2.45) is 0 Å². The summed E-state index contributed by atoms with van der Waals surface area (Å²) in [7, 11) is 0. The smallest absolute Gasteiger partial charge is 0.273 e. The zero-order chi connectivity index (χ0) is 20.7. The highest BCUT2D eigenvalue weighted by Gasteiger charge is 2.27. The molecule has 0 aliphatic heterocycles. The van der Waals surface area contributed by atoms with Crippen molar-refractivity contribution in [1.82, 2.24) is 10.2 Å². The summed E-state index contributed by atoms with van der Waals surface area (Å²) in [5.74, 6) is -0.657. The second-order valence-electron chi connectivity index (χ2n) is 6.28. The van der Waals surface area contributed by atoms with Gasteiger partial charge < -0.3 is 10.2 Å². The number of carbonyl (C=O) groups is 2. The van der Waals surface area contributed by atoms with Gasteiger partial charge in [0, 0.05) is 29.7 Å². The van der Waals surface area contributed by atoms with Crippen molar-refractivity contribution in [2.75, 3.05) is 6.54 Å². The van der Waals surface area contributed by atoms with Crippen molar-refractivity contribution in [2.45, 2.75) is 32.9 Å². The number of amides is 2. The SMILES string of the molecule is CCNC(=O)C(C)N(Cc1ccc(Cl)cc1)C(=O)Cc1ccccc1[N+](=O)[O-]. The second kappa shape index (κ2) is 9.85. The van der Waals surface area contributed by atoms with Gasteiger partial charge in [0.15, 0.2) is 0 Å². The van der Waals surface area contributed by atoms with Crippen LogP contribution in [0.4, 0.5) is 5.69 Å². The molecule has 0 spiro atoms. The first kappa shape index (κ1) is 21.4. The van der Waals surface area contributed by atoms with E-state index in [2.05, 4.69) is 5.32 Å². The number of nitrogens with zero attached hydrogens (tertiary/aromatic N) is 2. The Morgan fingerprint density at radius 2 is 1.82 bits per heavy atom. The molecule has 8 heteroatoms. The maximum Gasteiger partial charge on any atom is 0.273 e. The highest BCUT2D eigenvalue weighted by Crippen LogP contribution is 2.20. The molecule has 1 unspecified atom stereocenters. The van der Waals surface area contributed by atoms with Gasteiger partial charge in [-0.1, -0.05) is 41.9 Å². The van der Waals surface area contributed by atoms with Crippen LogP contribution in [0.5, 0.6) is 0 Å². The van der Waals surface area contributed by atoms with E-state index in [4.69, 9.17) is 11.6 Å². The van der Waals surface area contributed by atoms with Gasteiger partial charge in [0.2, 0.25) is 11.8 Å². The van der Waals surface area contributed by atoms with Gasteiger partial charge in [-0.15, -0.1) is 0 Å². The summed E-state index contributed by atoms with van der Waals surface area (Å²) in [6.45, 7) is 4.06. The summed E-state index contributed by atoms with van der Waals surface area (Å²) in [5.41, 5.74) is 0.992. The Morgan fingerprint density at radius 1 is 1.18 bits per heavy atom. The van der Waals surface area contributed by atoms with Crippen molar-refractivity contribution in [3.63, 3.8) is 0 Å². The molecule has 2 rings (SSSR count). The van der Waals surface area contributed by atoms with Gasteiger partial charge in [-0.2, -0.15) is 0 Å². The van der Waals surface area contributed by atoms with E-state index in [0.29, 0.717) is 17.1 Å². The molecule has 0 heterocycles. The third-order valence-electron chi connectivity index (χ3n) is 4.31. The van der Waals surface area contributed by atoms with Crippen molar-refractivity contribution in [3.05, 3.63) is 74.8 Å². The number of nitrogens with one attached hydrogen (secondary N) is 1. The van der Waals surface area contributed by atoms with E-state index in [1.165, 1.54) is 11.0 Å². The number of hydrogen-bond donors (Lipinski definition) is 1. The average Bonchev–Trinajstić information content (AvgIpc) is 2.67. The van der Waals surface area contributed by atoms with Gasteiger partial charge in [-0.25, -0.2) is 0 Å². The topological polar surface area (TPSA) is 92.6 Å². The quantitative estimate of drug-likeness (QED) is 0.540. The van der Waals surface area contributed by atoms with Crippen LogP contribution in [0.25, 0.3) is 0 Å². The summed E-state index contributed by atoms with van der Waals surface area (Å²) >= 11 is 5.91. The number of nitro benzene ring substituents is 1. The van der Waals surface area contributed by atoms with E-state index in [0.717, 1.165) is 5.56 Å². The normalized spacial score (nSPS) is 11.5. The predicted octanol–water partition coefficient (Wildman–Crippen LogP) is 3.34. The van der Waals surface area contributed by atoms with E-state index in [-0.39, 0.29) is 30.5 Å². The maximum atomic E-state index is 13.0. The summed E-state index contributed by atoms with van der Waals surface area (Å²) < 4.78 is 0. The number of likely N-dealkylation sites (N-methyl/N-ethyl adjacent to an activating group) is 1. The third kappa shape index (κ3) is 5.53. The van der Waals surface area contributed by atoms with Crippen LogP contribution in [0.1, 0.15) is 25.0 Å². The minimum Gasteiger partial charge on any atom is -0.355 e. The van der Waals surface area contributed by atoms with E-state index in [1.54, 1.807) is 56.3 Å². The largest absolute Gasteiger partial charge is 0.355 e. The summed E-state index contributed by atoms with van der Waals surface area (Å²) in [4.78, 5) is 37.5. The number of hydrogen-bond acceptors (Lipinski definition) is 4. The molecule has 28 heavy (non-hydrogen) atoms. The average molecular weight is 404 g/mol. The molecule has 0 bridgehead atoms. The van der Waals surface area contributed by atoms with Crippen molar-refractivity contribution < 1.29 is 14.5 Å². The van der Waals surface area contributed by atoms with E-state index in [1.807, 2.05) is 0 Å². The lowest BCUT2D eigenvalue weighted by atomic mass is 10.1. The number of para-hydroxylation sites is 1. The highest BCUT2D eigenvalue weighted by atomic mass is 35.5. The first-order valence-electron chi connectivity index (χ1n) is 8.87. The van der Waals surface area contributed by atoms with Gasteiger partial charge in [-0.05, 0) is 31.5 Å². The molecule has 148 valence electrons. The Hall–Kier alpha value is -2.93. The predicted molar refractivity (Wildman–Crippen MR) is 107 cm³/mol. The summed E-state index contributed by atoms with van der Waals surface area (Å²) in [6, 6.07) is 12.3. The Kier molecular flexibility index (Phi) is 7.52. The van der Waals surface area contributed by atoms with Crippen LogP contribution >= 0.6 is 11.6 Å². The van der Waals surface area contributed by atoms with Gasteiger partial charge in [-0.3, -0.25) is 19.7 Å². The lowest BCUT2D eigenvalue weighted by Crippen LogP contribution is -2.48. The Labute approximate surface area is 168 Å². The molecule has 0 aliphatic rings. The molecule has 0 fully saturated rings. The second-order valence-corrected chi connectivity index (χ2v) is 6.72. The van der Waals surface area contributed by atoms with Crippen LogP contribution in [-0.4, -0.2) is 34.2 Å². The molecule has 0 saturated carbocycles. The number of halogens is 1. The molecule has 2 aromatic rings. The first-order valence-corrected chi connectivity index (χ1v) is 9.25. The van der Waals surface area contributed by atoms with Gasteiger partial charge in [0.25, 0.3) is 5.69 Å². The Morgan fingerprint density at radius 3 is 2.43 bits per heavy atom. The zero-order valence-corrected chi connectivity index (χ0v) is 16.5. The minimum atomic E-state index is -0.731. The van der Waals surface area contributed by atoms with Gasteiger partial charge in [0.05, 0.1) is 11.3 Å². The lowest BCUT2D eigenvalue weighted by Gasteiger charge is -2.28. The fourth-order valence-corrected chi connectivity index (χ4v) is 2.92. The Balaban J connectivity index is 2.29. The molecule has 7 nitrogen and oxygen atoms in total. The number of benzene rings is 2. The van der Waals surface area contributed by atoms with E-state index < -0.39 is 11.0 Å². The first-order chi connectivity index (χ1) is 13.3. The van der Waals surface area contributed by atoms with Crippen LogP contribution < -0.4 is 5.32 Å². The number of carbonyl (C=O) groups excluding carboxylic acids is 2. The Bertz CT molecular complexity index is 855. The van der Waals surface area contributed by atoms with Crippen LogP contribution in [0.3, 0.4) is 0 Å². The zero-order valence-electron chi connectivity index (χ0n) is 15.7. The summed E-state index contributed by atoms with van der Waals surface area (Å²) in [6.07, 6.45) is -0.172. The molecule has 1 atom stereocenters. The molecule has 0 radical (unpaired) electrons. The van der Waals surface area contributed by atoms with Crippen LogP contribution in [0, 0.1) is 10.1 Å². The van der Waals surface area contributed by atoms with E-state index in [9.17, 15) is 19.7 Å². The van der Waals surface area contributed by atoms with Crippen molar-refractivity contribution >= 4 is 29.1 Å². The van der Waals surface area contributed by atoms with Crippen LogP contribution in [0.2, 0.25) is 5.02 Å². The van der Waals surface area contributed by atoms with Gasteiger partial charge >= 0.3 is 0 Å². The molecule has 0 saturated heterocycles. The molecular formula is C20H22ClN3O4. The fourth-order valence-electron chi connectivity index (χ4n) is 2.79. The molecule has 0 aromatic heterocycles. The maximum absolute atomic E-state index is 13.0. The van der Waals surface area contributed by atoms with Crippen LogP contribution in [0.15, 0.2) is 48.5 Å². The number of nitro groups is 1. The monoisotopic (exact) mass is 403 g/mol. The third-order valence-corrected chi connectivity index (χ3v) is 4.57. The molecular weight excluding hydrogens is 382 g/mol. The summed E-state index contributed by atoms with van der Waals surface area (Å²) in [5, 5.41) is 14.5. The lowest BCUT2D eigenvalue weighted by molar-refractivity contribution is -0.385. The van der Waals surface area contributed by atoms with Crippen molar-refractivity contribution in [3.8, 4) is 0 Å². The molecule has 1 N–H and O–H groups in total. The minimum absolute atomic E-state index is 0.118. The van der Waals surface area contributed by atoms with Crippen LogP contribution in [-0.2, 0) is 22.6 Å². The highest BCUT2D eigenvalue weighted by molar-refractivity contribution is 6.30. The van der Waals surface area contributed by atoms with E-state index >= 15 is 0 Å². The fraction of sp³-hybridized carbons (Fsp3) is 0.300. The number of rotatable bonds is 8. The van der Waals surface area contributed by atoms with Gasteiger partial charge in [0.1, 0.15) is 6.04 Å². The van der Waals surface area contributed by atoms with Crippen molar-refractivity contribution in [1.29, 1.82) is 0 Å². The standard InChI is InChI=1S/C20H22ClN3O4/c1-3-22-20(26)14(2)23(13-15-8-10-17(21)11-9-15)19(25)12-16-6-4-5-7-18(16)24(27)28/h4-11,14H,3,12-13H2,1-2H3,(H,22,26). The molecule has 0 aliphatic carbocycles.